The zero-order chi connectivity index (χ0) is 14.8. The minimum Gasteiger partial charge on any atom is -0.491 e. The smallest absolute Gasteiger partial charge is 0.149 e. The first kappa shape index (κ1) is 16.1. The van der Waals surface area contributed by atoms with Gasteiger partial charge in [-0.05, 0) is 12.8 Å². The minimum absolute atomic E-state index is 0.542. The molecule has 1 rings (SSSR count). The normalized spacial score (nSPS) is 18.9. The van der Waals surface area contributed by atoms with Crippen molar-refractivity contribution in [2.45, 2.75) is 39.5 Å². The topological polar surface area (TPSA) is 95.2 Å². The third-order valence-electron chi connectivity index (χ3n) is 2.83. The molecule has 0 saturated heterocycles. The van der Waals surface area contributed by atoms with E-state index in [-0.39, 0.29) is 0 Å². The molecule has 0 aromatic rings. The van der Waals surface area contributed by atoms with E-state index < -0.39 is 0 Å². The molecule has 0 radical (unpaired) electrons. The zero-order valence-corrected chi connectivity index (χ0v) is 12.3. The van der Waals surface area contributed by atoms with Crippen LogP contribution in [0.1, 0.15) is 39.5 Å². The lowest BCUT2D eigenvalue weighted by Crippen LogP contribution is -2.20. The highest BCUT2D eigenvalue weighted by Crippen LogP contribution is 2.16. The van der Waals surface area contributed by atoms with Crippen LogP contribution in [0.5, 0.6) is 0 Å². The SMILES string of the molecule is CCCCOC1=CC(=NN)C(OCCCC)=CC1=NN. The molecule has 6 heteroatoms. The fourth-order valence-electron chi connectivity index (χ4n) is 1.62. The lowest BCUT2D eigenvalue weighted by molar-refractivity contribution is 0.218. The van der Waals surface area contributed by atoms with Crippen LogP contribution in [0.15, 0.2) is 33.9 Å². The average Bonchev–Trinajstić information content (AvgIpc) is 2.48. The van der Waals surface area contributed by atoms with Crippen molar-refractivity contribution in [2.75, 3.05) is 13.2 Å². The second-order valence-electron chi connectivity index (χ2n) is 4.45. The summed E-state index contributed by atoms with van der Waals surface area (Å²) in [5.41, 5.74) is 1.08. The van der Waals surface area contributed by atoms with E-state index in [0.29, 0.717) is 36.2 Å². The summed E-state index contributed by atoms with van der Waals surface area (Å²) in [6.07, 6.45) is 7.47. The molecule has 6 nitrogen and oxygen atoms in total. The number of hydrogen-bond acceptors (Lipinski definition) is 6. The molecule has 0 aliphatic heterocycles. The van der Waals surface area contributed by atoms with E-state index in [0.717, 1.165) is 25.7 Å². The summed E-state index contributed by atoms with van der Waals surface area (Å²) in [6.45, 7) is 5.42. The third kappa shape index (κ3) is 4.60. The predicted octanol–water partition coefficient (Wildman–Crippen LogP) is 2.03. The van der Waals surface area contributed by atoms with Crippen molar-refractivity contribution in [2.24, 2.45) is 21.9 Å². The maximum atomic E-state index is 5.65. The number of hydrogen-bond donors (Lipinski definition) is 2. The van der Waals surface area contributed by atoms with Crippen molar-refractivity contribution in [3.8, 4) is 0 Å². The molecule has 0 unspecified atom stereocenters. The Hall–Kier alpha value is -1.98. The van der Waals surface area contributed by atoms with Gasteiger partial charge in [0.25, 0.3) is 0 Å². The first-order valence-corrected chi connectivity index (χ1v) is 7.02. The van der Waals surface area contributed by atoms with Gasteiger partial charge in [0.2, 0.25) is 0 Å². The molecular formula is C14H24N4O2. The summed E-state index contributed by atoms with van der Waals surface area (Å²) < 4.78 is 11.3. The van der Waals surface area contributed by atoms with Gasteiger partial charge < -0.3 is 21.2 Å². The Morgan fingerprint density at radius 2 is 1.25 bits per heavy atom. The first-order chi connectivity index (χ1) is 9.76. The Bertz CT molecular complexity index is 385. The molecule has 0 aromatic heterocycles. The lowest BCUT2D eigenvalue weighted by Gasteiger charge is -2.18. The lowest BCUT2D eigenvalue weighted by atomic mass is 10.1. The van der Waals surface area contributed by atoms with Gasteiger partial charge in [-0.1, -0.05) is 26.7 Å². The molecule has 0 heterocycles. The van der Waals surface area contributed by atoms with Crippen molar-refractivity contribution in [3.63, 3.8) is 0 Å². The quantitative estimate of drug-likeness (QED) is 0.308. The van der Waals surface area contributed by atoms with Gasteiger partial charge in [-0.2, -0.15) is 10.2 Å². The summed E-state index contributed by atoms with van der Waals surface area (Å²) in [4.78, 5) is 0. The van der Waals surface area contributed by atoms with Gasteiger partial charge in [0.15, 0.2) is 0 Å². The van der Waals surface area contributed by atoms with Crippen LogP contribution in [0.2, 0.25) is 0 Å². The summed E-state index contributed by atoms with van der Waals surface area (Å²) >= 11 is 0. The third-order valence-corrected chi connectivity index (χ3v) is 2.83. The largest absolute Gasteiger partial charge is 0.491 e. The van der Waals surface area contributed by atoms with Gasteiger partial charge in [-0.15, -0.1) is 0 Å². The Kier molecular flexibility index (Phi) is 7.24. The van der Waals surface area contributed by atoms with Crippen LogP contribution in [0, 0.1) is 0 Å². The Morgan fingerprint density at radius 1 is 0.850 bits per heavy atom. The highest BCUT2D eigenvalue weighted by molar-refractivity contribution is 6.22. The van der Waals surface area contributed by atoms with E-state index in [2.05, 4.69) is 24.1 Å². The van der Waals surface area contributed by atoms with Gasteiger partial charge in [0, 0.05) is 12.2 Å². The van der Waals surface area contributed by atoms with Gasteiger partial charge in [-0.25, -0.2) is 0 Å². The van der Waals surface area contributed by atoms with Crippen LogP contribution in [-0.2, 0) is 9.47 Å². The fraction of sp³-hybridized carbons (Fsp3) is 0.571. The van der Waals surface area contributed by atoms with Crippen LogP contribution >= 0.6 is 0 Å². The number of nitrogens with zero attached hydrogens (tertiary/aromatic N) is 2. The van der Waals surface area contributed by atoms with Crippen molar-refractivity contribution in [3.05, 3.63) is 23.7 Å². The van der Waals surface area contributed by atoms with Crippen LogP contribution in [0.25, 0.3) is 0 Å². The van der Waals surface area contributed by atoms with Crippen LogP contribution in [0.4, 0.5) is 0 Å². The molecule has 0 spiro atoms. The molecule has 0 fully saturated rings. The fourth-order valence-corrected chi connectivity index (χ4v) is 1.62. The van der Waals surface area contributed by atoms with E-state index in [1.54, 1.807) is 12.2 Å². The Balaban J connectivity index is 2.77. The maximum absolute atomic E-state index is 5.65. The van der Waals surface area contributed by atoms with E-state index in [4.69, 9.17) is 21.2 Å². The highest BCUT2D eigenvalue weighted by Gasteiger charge is 2.20. The Morgan fingerprint density at radius 3 is 1.55 bits per heavy atom. The molecule has 4 N–H and O–H groups in total. The molecule has 20 heavy (non-hydrogen) atoms. The highest BCUT2D eigenvalue weighted by atomic mass is 16.5. The maximum Gasteiger partial charge on any atom is 0.149 e. The average molecular weight is 280 g/mol. The zero-order valence-electron chi connectivity index (χ0n) is 12.3. The molecule has 112 valence electrons. The number of nitrogens with two attached hydrogens (primary N) is 2. The second kappa shape index (κ2) is 9.01. The van der Waals surface area contributed by atoms with Gasteiger partial charge >= 0.3 is 0 Å². The van der Waals surface area contributed by atoms with Crippen LogP contribution < -0.4 is 11.7 Å². The van der Waals surface area contributed by atoms with Crippen molar-refractivity contribution in [1.82, 2.24) is 0 Å². The molecule has 0 atom stereocenters. The minimum atomic E-state index is 0.542. The number of hydrazone groups is 2. The molecule has 0 amide bonds. The number of unbranched alkanes of at least 4 members (excludes halogenated alkanes) is 2. The molecular weight excluding hydrogens is 256 g/mol. The predicted molar refractivity (Wildman–Crippen MR) is 81.1 cm³/mol. The van der Waals surface area contributed by atoms with Crippen molar-refractivity contribution >= 4 is 11.4 Å². The van der Waals surface area contributed by atoms with Crippen LogP contribution in [-0.4, -0.2) is 24.6 Å². The van der Waals surface area contributed by atoms with Gasteiger partial charge in [0.05, 0.1) is 13.2 Å². The molecule has 0 aromatic carbocycles. The van der Waals surface area contributed by atoms with Crippen molar-refractivity contribution in [1.29, 1.82) is 0 Å². The molecule has 1 aliphatic carbocycles. The first-order valence-electron chi connectivity index (χ1n) is 7.02. The standard InChI is InChI=1S/C14H24N4O2/c1-3-5-7-19-13-9-12(18-16)14(10-11(13)17-15)20-8-6-4-2/h9-10H,3-8,15-16H2,1-2H3. The number of rotatable bonds is 8. The van der Waals surface area contributed by atoms with E-state index in [1.807, 2.05) is 0 Å². The summed E-state index contributed by atoms with van der Waals surface area (Å²) in [5.74, 6) is 11.9. The Labute approximate surface area is 120 Å². The second-order valence-corrected chi connectivity index (χ2v) is 4.45. The van der Waals surface area contributed by atoms with E-state index >= 15 is 0 Å². The van der Waals surface area contributed by atoms with E-state index in [1.165, 1.54) is 0 Å². The monoisotopic (exact) mass is 280 g/mol. The summed E-state index contributed by atoms with van der Waals surface area (Å²) in [5, 5.41) is 7.45. The van der Waals surface area contributed by atoms with E-state index in [9.17, 15) is 0 Å². The van der Waals surface area contributed by atoms with Gasteiger partial charge in [0.1, 0.15) is 22.9 Å². The number of ether oxygens (including phenoxy) is 2. The van der Waals surface area contributed by atoms with Crippen molar-refractivity contribution < 1.29 is 9.47 Å². The van der Waals surface area contributed by atoms with Gasteiger partial charge in [-0.3, -0.25) is 0 Å². The summed E-state index contributed by atoms with van der Waals surface area (Å²) in [7, 11) is 0. The summed E-state index contributed by atoms with van der Waals surface area (Å²) in [6, 6.07) is 0. The molecule has 0 bridgehead atoms. The number of allylic oxidation sites excluding steroid dienone is 2. The molecule has 1 aliphatic rings. The molecule has 0 saturated carbocycles. The van der Waals surface area contributed by atoms with Crippen LogP contribution in [0.3, 0.4) is 0 Å².